The molecule has 1 aromatic heterocycles. The van der Waals surface area contributed by atoms with Gasteiger partial charge >= 0.3 is 0 Å². The molecule has 1 heterocycles. The number of aromatic nitrogens is 2. The molecule has 17 heavy (non-hydrogen) atoms. The summed E-state index contributed by atoms with van der Waals surface area (Å²) in [5, 5.41) is 10.6. The number of aromatic amines is 1. The van der Waals surface area contributed by atoms with Gasteiger partial charge in [-0.2, -0.15) is 5.10 Å². The van der Waals surface area contributed by atoms with E-state index in [-0.39, 0.29) is 0 Å². The molecule has 2 atom stereocenters. The number of nitrogens with one attached hydrogen (secondary N) is 2. The Kier molecular flexibility index (Phi) is 4.60. The summed E-state index contributed by atoms with van der Waals surface area (Å²) >= 11 is 0. The Labute approximate surface area is 104 Å². The number of hydrogen-bond donors (Lipinski definition) is 2. The molecule has 1 saturated carbocycles. The van der Waals surface area contributed by atoms with Crippen molar-refractivity contribution in [3.05, 3.63) is 18.0 Å². The SMILES string of the molecule is CC(C)C1CCCC(NCc2ccn[nH]2)CC1. The Balaban J connectivity index is 1.75. The highest BCUT2D eigenvalue weighted by molar-refractivity contribution is 4.97. The van der Waals surface area contributed by atoms with Crippen molar-refractivity contribution in [2.75, 3.05) is 0 Å². The number of H-pyrrole nitrogens is 1. The van der Waals surface area contributed by atoms with E-state index in [0.717, 1.165) is 18.4 Å². The van der Waals surface area contributed by atoms with Crippen molar-refractivity contribution in [3.63, 3.8) is 0 Å². The lowest BCUT2D eigenvalue weighted by Crippen LogP contribution is -2.28. The predicted molar refractivity (Wildman–Crippen MR) is 70.6 cm³/mol. The van der Waals surface area contributed by atoms with E-state index in [1.165, 1.54) is 37.8 Å². The van der Waals surface area contributed by atoms with E-state index in [9.17, 15) is 0 Å². The van der Waals surface area contributed by atoms with Crippen molar-refractivity contribution in [1.82, 2.24) is 15.5 Å². The molecule has 0 radical (unpaired) electrons. The fourth-order valence-electron chi connectivity index (χ4n) is 2.84. The first-order chi connectivity index (χ1) is 8.25. The number of rotatable bonds is 4. The van der Waals surface area contributed by atoms with Crippen molar-refractivity contribution >= 4 is 0 Å². The Morgan fingerprint density at radius 3 is 2.94 bits per heavy atom. The summed E-state index contributed by atoms with van der Waals surface area (Å²) in [5.74, 6) is 1.79. The van der Waals surface area contributed by atoms with Crippen LogP contribution in [0.3, 0.4) is 0 Å². The maximum Gasteiger partial charge on any atom is 0.0490 e. The highest BCUT2D eigenvalue weighted by atomic mass is 15.1. The van der Waals surface area contributed by atoms with Crippen molar-refractivity contribution in [2.45, 2.75) is 58.5 Å². The molecule has 0 amide bonds. The molecule has 0 spiro atoms. The average molecular weight is 235 g/mol. The van der Waals surface area contributed by atoms with Crippen molar-refractivity contribution in [1.29, 1.82) is 0 Å². The average Bonchev–Trinajstić information content (AvgIpc) is 2.70. The van der Waals surface area contributed by atoms with E-state index in [1.807, 2.05) is 12.3 Å². The summed E-state index contributed by atoms with van der Waals surface area (Å²) in [6.45, 7) is 5.66. The normalized spacial score (nSPS) is 26.1. The van der Waals surface area contributed by atoms with Gasteiger partial charge in [0, 0.05) is 24.5 Å². The molecule has 0 bridgehead atoms. The fraction of sp³-hybridized carbons (Fsp3) is 0.786. The van der Waals surface area contributed by atoms with Crippen molar-refractivity contribution in [2.24, 2.45) is 11.8 Å². The fourth-order valence-corrected chi connectivity index (χ4v) is 2.84. The van der Waals surface area contributed by atoms with Gasteiger partial charge in [-0.1, -0.05) is 26.7 Å². The van der Waals surface area contributed by atoms with E-state index in [0.29, 0.717) is 6.04 Å². The smallest absolute Gasteiger partial charge is 0.0490 e. The Bertz CT molecular complexity index is 305. The van der Waals surface area contributed by atoms with Crippen LogP contribution in [-0.4, -0.2) is 16.2 Å². The standard InChI is InChI=1S/C14H25N3/c1-11(2)12-4-3-5-13(7-6-12)15-10-14-8-9-16-17-14/h8-9,11-13,15H,3-7,10H2,1-2H3,(H,16,17). The zero-order valence-corrected chi connectivity index (χ0v) is 11.1. The van der Waals surface area contributed by atoms with E-state index in [4.69, 9.17) is 0 Å². The lowest BCUT2D eigenvalue weighted by atomic mass is 9.89. The van der Waals surface area contributed by atoms with Crippen LogP contribution >= 0.6 is 0 Å². The van der Waals surface area contributed by atoms with Gasteiger partial charge in [0.05, 0.1) is 0 Å². The maximum atomic E-state index is 3.97. The predicted octanol–water partition coefficient (Wildman–Crippen LogP) is 3.10. The molecule has 2 N–H and O–H groups in total. The first-order valence-corrected chi connectivity index (χ1v) is 6.97. The second-order valence-electron chi connectivity index (χ2n) is 5.67. The molecule has 1 aromatic rings. The topological polar surface area (TPSA) is 40.7 Å². The molecule has 0 saturated heterocycles. The van der Waals surface area contributed by atoms with E-state index < -0.39 is 0 Å². The van der Waals surface area contributed by atoms with Gasteiger partial charge in [0.25, 0.3) is 0 Å². The highest BCUT2D eigenvalue weighted by Gasteiger charge is 2.20. The van der Waals surface area contributed by atoms with Gasteiger partial charge in [0.2, 0.25) is 0 Å². The number of nitrogens with zero attached hydrogens (tertiary/aromatic N) is 1. The Morgan fingerprint density at radius 2 is 2.24 bits per heavy atom. The van der Waals surface area contributed by atoms with Crippen LogP contribution in [0.4, 0.5) is 0 Å². The van der Waals surface area contributed by atoms with Crippen LogP contribution in [0.15, 0.2) is 12.3 Å². The molecule has 1 aliphatic carbocycles. The zero-order chi connectivity index (χ0) is 12.1. The van der Waals surface area contributed by atoms with Gasteiger partial charge in [-0.25, -0.2) is 0 Å². The van der Waals surface area contributed by atoms with E-state index >= 15 is 0 Å². The first kappa shape index (κ1) is 12.6. The third kappa shape index (κ3) is 3.84. The van der Waals surface area contributed by atoms with Crippen LogP contribution in [0.5, 0.6) is 0 Å². The van der Waals surface area contributed by atoms with E-state index in [2.05, 4.69) is 29.4 Å². The van der Waals surface area contributed by atoms with Gasteiger partial charge in [0.1, 0.15) is 0 Å². The summed E-state index contributed by atoms with van der Waals surface area (Å²) in [6, 6.07) is 2.74. The van der Waals surface area contributed by atoms with Crippen LogP contribution < -0.4 is 5.32 Å². The minimum atomic E-state index is 0.696. The monoisotopic (exact) mass is 235 g/mol. The summed E-state index contributed by atoms with van der Waals surface area (Å²) in [5.41, 5.74) is 1.19. The molecule has 3 heteroatoms. The molecular weight excluding hydrogens is 210 g/mol. The zero-order valence-electron chi connectivity index (χ0n) is 11.1. The highest BCUT2D eigenvalue weighted by Crippen LogP contribution is 2.28. The summed E-state index contributed by atoms with van der Waals surface area (Å²) in [6.07, 6.45) is 8.66. The lowest BCUT2D eigenvalue weighted by molar-refractivity contribution is 0.337. The molecule has 1 aliphatic rings. The molecule has 0 aliphatic heterocycles. The van der Waals surface area contributed by atoms with Gasteiger partial charge in [-0.05, 0) is 37.2 Å². The molecule has 2 rings (SSSR count). The molecule has 0 aromatic carbocycles. The van der Waals surface area contributed by atoms with Crippen molar-refractivity contribution in [3.8, 4) is 0 Å². The molecular formula is C14H25N3. The number of hydrogen-bond acceptors (Lipinski definition) is 2. The third-order valence-corrected chi connectivity index (χ3v) is 4.10. The summed E-state index contributed by atoms with van der Waals surface area (Å²) in [4.78, 5) is 0. The van der Waals surface area contributed by atoms with Gasteiger partial charge in [0.15, 0.2) is 0 Å². The molecule has 2 unspecified atom stereocenters. The molecule has 96 valence electrons. The van der Waals surface area contributed by atoms with E-state index in [1.54, 1.807) is 0 Å². The minimum Gasteiger partial charge on any atom is -0.308 e. The Hall–Kier alpha value is -0.830. The molecule has 1 fully saturated rings. The largest absolute Gasteiger partial charge is 0.308 e. The van der Waals surface area contributed by atoms with Gasteiger partial charge in [-0.15, -0.1) is 0 Å². The first-order valence-electron chi connectivity index (χ1n) is 6.97. The van der Waals surface area contributed by atoms with Crippen LogP contribution in [0.2, 0.25) is 0 Å². The molecule has 3 nitrogen and oxygen atoms in total. The van der Waals surface area contributed by atoms with Crippen LogP contribution in [0.1, 0.15) is 51.6 Å². The van der Waals surface area contributed by atoms with Gasteiger partial charge < -0.3 is 5.32 Å². The van der Waals surface area contributed by atoms with Crippen molar-refractivity contribution < 1.29 is 0 Å². The van der Waals surface area contributed by atoms with Crippen LogP contribution in [-0.2, 0) is 6.54 Å². The van der Waals surface area contributed by atoms with Gasteiger partial charge in [-0.3, -0.25) is 5.10 Å². The second-order valence-corrected chi connectivity index (χ2v) is 5.67. The quantitative estimate of drug-likeness (QED) is 0.787. The lowest BCUT2D eigenvalue weighted by Gasteiger charge is -2.19. The van der Waals surface area contributed by atoms with Crippen LogP contribution in [0.25, 0.3) is 0 Å². The minimum absolute atomic E-state index is 0.696. The van der Waals surface area contributed by atoms with Crippen LogP contribution in [0, 0.1) is 11.8 Å². The summed E-state index contributed by atoms with van der Waals surface area (Å²) in [7, 11) is 0. The summed E-state index contributed by atoms with van der Waals surface area (Å²) < 4.78 is 0. The second kappa shape index (κ2) is 6.20. The maximum absolute atomic E-state index is 3.97. The third-order valence-electron chi connectivity index (χ3n) is 4.10. The Morgan fingerprint density at radius 1 is 1.35 bits per heavy atom.